The van der Waals surface area contributed by atoms with E-state index in [0.717, 1.165) is 0 Å². The van der Waals surface area contributed by atoms with Crippen molar-refractivity contribution in [2.75, 3.05) is 22.1 Å². The molecule has 0 aliphatic rings. The molecule has 0 heterocycles. The lowest BCUT2D eigenvalue weighted by Gasteiger charge is -2.15. The van der Waals surface area contributed by atoms with Crippen LogP contribution in [0.2, 0.25) is 20.1 Å². The standard InChI is InChI=1S/C20H14Cl4N4O2/c21-15-13(19(29)27-11-5-1-9(25)2-6-11)16(22)18(24)14(17(15)23)20(30)28-12-7-3-10(26)4-8-12/h1-8H,25-26H2,(H,27,29)(H,28,30). The van der Waals surface area contributed by atoms with Crippen LogP contribution in [0.5, 0.6) is 0 Å². The highest BCUT2D eigenvalue weighted by molar-refractivity contribution is 6.53. The maximum Gasteiger partial charge on any atom is 0.258 e. The van der Waals surface area contributed by atoms with E-state index in [2.05, 4.69) is 10.6 Å². The SMILES string of the molecule is Nc1ccc(NC(=O)c2c(Cl)c(Cl)c(C(=O)Nc3ccc(N)cc3)c(Cl)c2Cl)cc1. The predicted molar refractivity (Wildman–Crippen MR) is 124 cm³/mol. The van der Waals surface area contributed by atoms with E-state index < -0.39 is 11.8 Å². The van der Waals surface area contributed by atoms with Gasteiger partial charge in [-0.15, -0.1) is 0 Å². The molecule has 0 aromatic heterocycles. The third-order valence-electron chi connectivity index (χ3n) is 4.05. The van der Waals surface area contributed by atoms with Crippen molar-refractivity contribution >= 4 is 81.0 Å². The largest absolute Gasteiger partial charge is 0.399 e. The van der Waals surface area contributed by atoms with E-state index in [1.54, 1.807) is 48.5 Å². The predicted octanol–water partition coefficient (Wildman–Crippen LogP) is 5.97. The van der Waals surface area contributed by atoms with E-state index in [1.165, 1.54) is 0 Å². The average molecular weight is 484 g/mol. The first-order valence-electron chi connectivity index (χ1n) is 8.38. The van der Waals surface area contributed by atoms with Gasteiger partial charge in [0.2, 0.25) is 0 Å². The zero-order valence-corrected chi connectivity index (χ0v) is 18.1. The van der Waals surface area contributed by atoms with Crippen LogP contribution in [0.1, 0.15) is 20.7 Å². The van der Waals surface area contributed by atoms with Gasteiger partial charge in [-0.2, -0.15) is 0 Å². The van der Waals surface area contributed by atoms with E-state index in [-0.39, 0.29) is 31.2 Å². The van der Waals surface area contributed by atoms with Gasteiger partial charge in [-0.05, 0) is 48.5 Å². The Labute approximate surface area is 192 Å². The fourth-order valence-corrected chi connectivity index (χ4v) is 3.75. The van der Waals surface area contributed by atoms with Crippen LogP contribution in [0, 0.1) is 0 Å². The number of carbonyl (C=O) groups is 2. The number of carbonyl (C=O) groups excluding carboxylic acids is 2. The van der Waals surface area contributed by atoms with Gasteiger partial charge >= 0.3 is 0 Å². The molecule has 0 radical (unpaired) electrons. The number of rotatable bonds is 4. The monoisotopic (exact) mass is 482 g/mol. The summed E-state index contributed by atoms with van der Waals surface area (Å²) < 4.78 is 0. The fraction of sp³-hybridized carbons (Fsp3) is 0. The normalized spacial score (nSPS) is 10.5. The summed E-state index contributed by atoms with van der Waals surface area (Å²) in [7, 11) is 0. The molecule has 0 fully saturated rings. The second-order valence-electron chi connectivity index (χ2n) is 6.16. The molecule has 30 heavy (non-hydrogen) atoms. The number of hydrogen-bond donors (Lipinski definition) is 4. The number of benzene rings is 3. The van der Waals surface area contributed by atoms with Gasteiger partial charge < -0.3 is 22.1 Å². The summed E-state index contributed by atoms with van der Waals surface area (Å²) in [5.74, 6) is -1.30. The average Bonchev–Trinajstić information content (AvgIpc) is 2.70. The van der Waals surface area contributed by atoms with Crippen LogP contribution in [0.15, 0.2) is 48.5 Å². The Bertz CT molecular complexity index is 1010. The number of amides is 2. The maximum absolute atomic E-state index is 12.7. The number of nitrogens with two attached hydrogens (primary N) is 2. The van der Waals surface area contributed by atoms with Crippen molar-refractivity contribution in [1.82, 2.24) is 0 Å². The summed E-state index contributed by atoms with van der Waals surface area (Å²) in [4.78, 5) is 25.4. The summed E-state index contributed by atoms with van der Waals surface area (Å²) in [6, 6.07) is 12.9. The highest BCUT2D eigenvalue weighted by Crippen LogP contribution is 2.41. The zero-order valence-electron chi connectivity index (χ0n) is 15.1. The van der Waals surface area contributed by atoms with Crippen LogP contribution in [0.25, 0.3) is 0 Å². The molecule has 0 unspecified atom stereocenters. The molecule has 3 rings (SSSR count). The van der Waals surface area contributed by atoms with E-state index >= 15 is 0 Å². The van der Waals surface area contributed by atoms with Crippen molar-refractivity contribution in [3.05, 3.63) is 79.7 Å². The van der Waals surface area contributed by atoms with E-state index in [0.29, 0.717) is 22.7 Å². The molecule has 154 valence electrons. The second-order valence-corrected chi connectivity index (χ2v) is 7.67. The molecule has 0 aliphatic heterocycles. The lowest BCUT2D eigenvalue weighted by molar-refractivity contribution is 0.101. The van der Waals surface area contributed by atoms with Crippen molar-refractivity contribution in [1.29, 1.82) is 0 Å². The smallest absolute Gasteiger partial charge is 0.258 e. The number of nitrogens with one attached hydrogen (secondary N) is 2. The van der Waals surface area contributed by atoms with E-state index in [4.69, 9.17) is 57.9 Å². The lowest BCUT2D eigenvalue weighted by atomic mass is 10.1. The molecule has 10 heteroatoms. The number of halogens is 4. The number of anilines is 4. The molecule has 0 atom stereocenters. The second kappa shape index (κ2) is 9.02. The van der Waals surface area contributed by atoms with Gasteiger partial charge in [0, 0.05) is 22.7 Å². The summed E-state index contributed by atoms with van der Waals surface area (Å²) in [6.07, 6.45) is 0. The van der Waals surface area contributed by atoms with Crippen LogP contribution >= 0.6 is 46.4 Å². The Hall–Kier alpha value is -2.64. The van der Waals surface area contributed by atoms with Crippen molar-refractivity contribution in [3.8, 4) is 0 Å². The molecule has 6 N–H and O–H groups in total. The third-order valence-corrected chi connectivity index (χ3v) is 5.76. The zero-order chi connectivity index (χ0) is 22.0. The topological polar surface area (TPSA) is 110 Å². The first kappa shape index (κ1) is 22.1. The summed E-state index contributed by atoms with van der Waals surface area (Å²) in [5.41, 5.74) is 12.9. The molecule has 2 amide bonds. The summed E-state index contributed by atoms with van der Waals surface area (Å²) in [6.45, 7) is 0. The van der Waals surface area contributed by atoms with Crippen molar-refractivity contribution in [3.63, 3.8) is 0 Å². The molecule has 0 saturated carbocycles. The van der Waals surface area contributed by atoms with Gasteiger partial charge in [-0.25, -0.2) is 0 Å². The Balaban J connectivity index is 1.94. The minimum Gasteiger partial charge on any atom is -0.399 e. The Morgan fingerprint density at radius 3 is 1.10 bits per heavy atom. The molecule has 0 bridgehead atoms. The van der Waals surface area contributed by atoms with E-state index in [9.17, 15) is 9.59 Å². The molecule has 3 aromatic rings. The number of nitrogen functional groups attached to an aromatic ring is 2. The fourth-order valence-electron chi connectivity index (χ4n) is 2.55. The molecule has 6 nitrogen and oxygen atoms in total. The van der Waals surface area contributed by atoms with Gasteiger partial charge in [0.05, 0.1) is 31.2 Å². The summed E-state index contributed by atoms with van der Waals surface area (Å²) in [5, 5.41) is 4.42. The Morgan fingerprint density at radius 2 is 0.833 bits per heavy atom. The van der Waals surface area contributed by atoms with Crippen molar-refractivity contribution < 1.29 is 9.59 Å². The third kappa shape index (κ3) is 4.57. The van der Waals surface area contributed by atoms with Gasteiger partial charge in [-0.1, -0.05) is 46.4 Å². The quantitative estimate of drug-likeness (QED) is 0.270. The van der Waals surface area contributed by atoms with Crippen LogP contribution in [-0.4, -0.2) is 11.8 Å². The molecule has 0 aliphatic carbocycles. The minimum atomic E-state index is -0.649. The van der Waals surface area contributed by atoms with E-state index in [1.807, 2.05) is 0 Å². The lowest BCUT2D eigenvalue weighted by Crippen LogP contribution is -2.17. The molecule has 0 spiro atoms. The highest BCUT2D eigenvalue weighted by Gasteiger charge is 2.28. The molecular weight excluding hydrogens is 470 g/mol. The molecular formula is C20H14Cl4N4O2. The Morgan fingerprint density at radius 1 is 0.567 bits per heavy atom. The van der Waals surface area contributed by atoms with Crippen LogP contribution in [0.3, 0.4) is 0 Å². The van der Waals surface area contributed by atoms with Crippen molar-refractivity contribution in [2.45, 2.75) is 0 Å². The molecule has 0 saturated heterocycles. The maximum atomic E-state index is 12.7. The van der Waals surface area contributed by atoms with Gasteiger partial charge in [0.25, 0.3) is 11.8 Å². The van der Waals surface area contributed by atoms with Crippen molar-refractivity contribution in [2.24, 2.45) is 0 Å². The number of hydrogen-bond acceptors (Lipinski definition) is 4. The van der Waals surface area contributed by atoms with Crippen LogP contribution in [0.4, 0.5) is 22.7 Å². The van der Waals surface area contributed by atoms with Crippen LogP contribution in [-0.2, 0) is 0 Å². The van der Waals surface area contributed by atoms with Gasteiger partial charge in [0.1, 0.15) is 0 Å². The molecule has 3 aromatic carbocycles. The first-order valence-corrected chi connectivity index (χ1v) is 9.90. The Kier molecular flexibility index (Phi) is 6.63. The first-order chi connectivity index (χ1) is 14.2. The van der Waals surface area contributed by atoms with Gasteiger partial charge in [-0.3, -0.25) is 9.59 Å². The van der Waals surface area contributed by atoms with Crippen LogP contribution < -0.4 is 22.1 Å². The highest BCUT2D eigenvalue weighted by atomic mass is 35.5. The van der Waals surface area contributed by atoms with Gasteiger partial charge in [0.15, 0.2) is 0 Å². The minimum absolute atomic E-state index is 0.158. The summed E-state index contributed by atoms with van der Waals surface area (Å²) >= 11 is 25.1.